The minimum absolute atomic E-state index is 0.213. The maximum atomic E-state index is 12.1. The first-order valence-corrected chi connectivity index (χ1v) is 6.36. The molecule has 2 aromatic rings. The van der Waals surface area contributed by atoms with E-state index >= 15 is 0 Å². The summed E-state index contributed by atoms with van der Waals surface area (Å²) in [5, 5.41) is 2.86. The third kappa shape index (κ3) is 2.76. The van der Waals surface area contributed by atoms with Crippen LogP contribution in [0, 0.1) is 13.8 Å². The number of carbonyl (C=O) groups excluding carboxylic acids is 1. The first-order valence-electron chi connectivity index (χ1n) is 5.57. The van der Waals surface area contributed by atoms with Crippen LogP contribution in [-0.2, 0) is 0 Å². The molecule has 0 aliphatic carbocycles. The van der Waals surface area contributed by atoms with Crippen molar-refractivity contribution >= 4 is 27.5 Å². The molecule has 0 saturated heterocycles. The quantitative estimate of drug-likeness (QED) is 0.919. The molecule has 0 fully saturated rings. The predicted octanol–water partition coefficient (Wildman–Crippen LogP) is 3.71. The summed E-state index contributed by atoms with van der Waals surface area (Å²) in [6, 6.07) is 9.47. The second kappa shape index (κ2) is 5.31. The molecule has 18 heavy (non-hydrogen) atoms. The molecule has 1 aromatic heterocycles. The summed E-state index contributed by atoms with van der Waals surface area (Å²) in [5.74, 6) is -0.213. The highest BCUT2D eigenvalue weighted by Crippen LogP contribution is 2.19. The van der Waals surface area contributed by atoms with Crippen LogP contribution in [0.1, 0.15) is 21.6 Å². The van der Waals surface area contributed by atoms with Crippen LogP contribution < -0.4 is 5.32 Å². The highest BCUT2D eigenvalue weighted by atomic mass is 79.9. The maximum Gasteiger partial charge on any atom is 0.275 e. The van der Waals surface area contributed by atoms with Gasteiger partial charge >= 0.3 is 0 Å². The number of rotatable bonds is 2. The number of amides is 1. The van der Waals surface area contributed by atoms with Gasteiger partial charge in [-0.2, -0.15) is 0 Å². The van der Waals surface area contributed by atoms with Crippen LogP contribution in [-0.4, -0.2) is 10.9 Å². The Morgan fingerprint density at radius 2 is 2.06 bits per heavy atom. The third-order valence-electron chi connectivity index (χ3n) is 2.60. The lowest BCUT2D eigenvalue weighted by Gasteiger charge is -2.09. The molecule has 92 valence electrons. The Morgan fingerprint density at radius 3 is 2.72 bits per heavy atom. The first-order chi connectivity index (χ1) is 8.58. The molecule has 0 unspecified atom stereocenters. The molecule has 0 radical (unpaired) electrons. The summed E-state index contributed by atoms with van der Waals surface area (Å²) < 4.78 is 0.687. The van der Waals surface area contributed by atoms with Crippen molar-refractivity contribution in [2.75, 3.05) is 5.32 Å². The van der Waals surface area contributed by atoms with Gasteiger partial charge in [-0.05, 0) is 53.5 Å². The standard InChI is InChI=1S/C14H13BrN2O/c1-9-5-6-12(10(2)8-9)17-14(18)13-11(15)4-3-7-16-13/h3-8H,1-2H3,(H,17,18). The number of benzene rings is 1. The molecule has 4 heteroatoms. The molecular weight excluding hydrogens is 292 g/mol. The number of nitrogens with zero attached hydrogens (tertiary/aromatic N) is 1. The average molecular weight is 305 g/mol. The van der Waals surface area contributed by atoms with Crippen LogP contribution in [0.2, 0.25) is 0 Å². The predicted molar refractivity (Wildman–Crippen MR) is 75.8 cm³/mol. The highest BCUT2D eigenvalue weighted by Gasteiger charge is 2.12. The fourth-order valence-electron chi connectivity index (χ4n) is 1.69. The van der Waals surface area contributed by atoms with Crippen LogP contribution in [0.15, 0.2) is 41.0 Å². The summed E-state index contributed by atoms with van der Waals surface area (Å²) in [5.41, 5.74) is 3.40. The van der Waals surface area contributed by atoms with Crippen molar-refractivity contribution in [2.45, 2.75) is 13.8 Å². The summed E-state index contributed by atoms with van der Waals surface area (Å²) in [6.07, 6.45) is 1.60. The monoisotopic (exact) mass is 304 g/mol. The molecule has 0 spiro atoms. The summed E-state index contributed by atoms with van der Waals surface area (Å²) in [7, 11) is 0. The lowest BCUT2D eigenvalue weighted by Crippen LogP contribution is -2.15. The summed E-state index contributed by atoms with van der Waals surface area (Å²) >= 11 is 3.32. The molecule has 0 atom stereocenters. The number of hydrogen-bond donors (Lipinski definition) is 1. The number of aromatic nitrogens is 1. The number of aryl methyl sites for hydroxylation is 2. The molecule has 0 aliphatic rings. The van der Waals surface area contributed by atoms with Gasteiger partial charge in [0.2, 0.25) is 0 Å². The van der Waals surface area contributed by atoms with E-state index in [9.17, 15) is 4.79 Å². The van der Waals surface area contributed by atoms with Gasteiger partial charge in [0.1, 0.15) is 5.69 Å². The number of halogens is 1. The van der Waals surface area contributed by atoms with Gasteiger partial charge in [-0.25, -0.2) is 4.98 Å². The Labute approximate surface area is 114 Å². The van der Waals surface area contributed by atoms with Crippen molar-refractivity contribution in [3.63, 3.8) is 0 Å². The van der Waals surface area contributed by atoms with E-state index in [4.69, 9.17) is 0 Å². The molecule has 2 rings (SSSR count). The van der Waals surface area contributed by atoms with Crippen LogP contribution in [0.4, 0.5) is 5.69 Å². The Morgan fingerprint density at radius 1 is 1.28 bits per heavy atom. The van der Waals surface area contributed by atoms with Gasteiger partial charge in [0, 0.05) is 16.4 Å². The zero-order valence-corrected chi connectivity index (χ0v) is 11.8. The van der Waals surface area contributed by atoms with Crippen molar-refractivity contribution in [1.29, 1.82) is 0 Å². The maximum absolute atomic E-state index is 12.1. The molecule has 1 aromatic carbocycles. The van der Waals surface area contributed by atoms with E-state index in [1.165, 1.54) is 5.56 Å². The van der Waals surface area contributed by atoms with Gasteiger partial charge in [-0.3, -0.25) is 4.79 Å². The van der Waals surface area contributed by atoms with E-state index in [1.807, 2.05) is 32.0 Å². The van der Waals surface area contributed by atoms with Gasteiger partial charge in [0.05, 0.1) is 0 Å². The fraction of sp³-hybridized carbons (Fsp3) is 0.143. The van der Waals surface area contributed by atoms with E-state index in [0.717, 1.165) is 11.3 Å². The Bertz CT molecular complexity index is 596. The van der Waals surface area contributed by atoms with E-state index in [0.29, 0.717) is 10.2 Å². The number of nitrogens with one attached hydrogen (secondary N) is 1. The second-order valence-corrected chi connectivity index (χ2v) is 4.96. The molecular formula is C14H13BrN2O. The number of carbonyl (C=O) groups is 1. The van der Waals surface area contributed by atoms with Crippen molar-refractivity contribution in [3.05, 3.63) is 57.8 Å². The fourth-order valence-corrected chi connectivity index (χ4v) is 2.12. The van der Waals surface area contributed by atoms with Crippen molar-refractivity contribution in [1.82, 2.24) is 4.98 Å². The van der Waals surface area contributed by atoms with Crippen LogP contribution in [0.25, 0.3) is 0 Å². The van der Waals surface area contributed by atoms with E-state index in [-0.39, 0.29) is 5.91 Å². The molecule has 1 N–H and O–H groups in total. The van der Waals surface area contributed by atoms with Gasteiger partial charge in [-0.15, -0.1) is 0 Å². The first kappa shape index (κ1) is 12.8. The van der Waals surface area contributed by atoms with Gasteiger partial charge in [-0.1, -0.05) is 17.7 Å². The Hall–Kier alpha value is -1.68. The highest BCUT2D eigenvalue weighted by molar-refractivity contribution is 9.10. The average Bonchev–Trinajstić information content (AvgIpc) is 2.33. The lowest BCUT2D eigenvalue weighted by atomic mass is 10.1. The van der Waals surface area contributed by atoms with Crippen molar-refractivity contribution in [3.8, 4) is 0 Å². The number of anilines is 1. The second-order valence-electron chi connectivity index (χ2n) is 4.11. The molecule has 0 aliphatic heterocycles. The van der Waals surface area contributed by atoms with Crippen LogP contribution in [0.3, 0.4) is 0 Å². The summed E-state index contributed by atoms with van der Waals surface area (Å²) in [6.45, 7) is 3.99. The zero-order valence-electron chi connectivity index (χ0n) is 10.2. The molecule has 1 heterocycles. The van der Waals surface area contributed by atoms with E-state index in [2.05, 4.69) is 26.2 Å². The topological polar surface area (TPSA) is 42.0 Å². The SMILES string of the molecule is Cc1ccc(NC(=O)c2ncccc2Br)c(C)c1. The Balaban J connectivity index is 2.24. The van der Waals surface area contributed by atoms with E-state index < -0.39 is 0 Å². The molecule has 0 bridgehead atoms. The van der Waals surface area contributed by atoms with Gasteiger partial charge in [0.25, 0.3) is 5.91 Å². The zero-order chi connectivity index (χ0) is 13.1. The lowest BCUT2D eigenvalue weighted by molar-refractivity contribution is 0.102. The number of hydrogen-bond acceptors (Lipinski definition) is 2. The largest absolute Gasteiger partial charge is 0.320 e. The Kier molecular flexibility index (Phi) is 3.77. The van der Waals surface area contributed by atoms with Gasteiger partial charge in [0.15, 0.2) is 0 Å². The van der Waals surface area contributed by atoms with Crippen LogP contribution >= 0.6 is 15.9 Å². The molecule has 1 amide bonds. The minimum atomic E-state index is -0.213. The third-order valence-corrected chi connectivity index (χ3v) is 3.24. The van der Waals surface area contributed by atoms with Crippen LogP contribution in [0.5, 0.6) is 0 Å². The smallest absolute Gasteiger partial charge is 0.275 e. The van der Waals surface area contributed by atoms with Crippen molar-refractivity contribution < 1.29 is 4.79 Å². The molecule has 3 nitrogen and oxygen atoms in total. The van der Waals surface area contributed by atoms with Crippen molar-refractivity contribution in [2.24, 2.45) is 0 Å². The molecule has 0 saturated carbocycles. The minimum Gasteiger partial charge on any atom is -0.320 e. The number of pyridine rings is 1. The van der Waals surface area contributed by atoms with Gasteiger partial charge < -0.3 is 5.32 Å². The normalized spacial score (nSPS) is 10.2. The summed E-state index contributed by atoms with van der Waals surface area (Å²) in [4.78, 5) is 16.1. The van der Waals surface area contributed by atoms with E-state index in [1.54, 1.807) is 18.3 Å².